The summed E-state index contributed by atoms with van der Waals surface area (Å²) in [5.74, 6) is 0.611. The fourth-order valence-electron chi connectivity index (χ4n) is 1.95. The van der Waals surface area contributed by atoms with Crippen LogP contribution in [0.4, 0.5) is 0 Å². The molecule has 1 aromatic heterocycles. The van der Waals surface area contributed by atoms with Crippen molar-refractivity contribution in [2.45, 2.75) is 12.5 Å². The molecule has 1 atom stereocenters. The number of rotatable bonds is 4. The molecule has 2 aromatic rings. The van der Waals surface area contributed by atoms with E-state index in [1.54, 1.807) is 25.0 Å². The lowest BCUT2D eigenvalue weighted by Crippen LogP contribution is -2.09. The number of ether oxygens (including phenoxy) is 1. The number of aromatic nitrogens is 2. The summed E-state index contributed by atoms with van der Waals surface area (Å²) in [6.07, 6.45) is 1.50. The largest absolute Gasteiger partial charge is 0.493 e. The van der Waals surface area contributed by atoms with Gasteiger partial charge in [0, 0.05) is 17.9 Å². The topological polar surface area (TPSA) is 47.3 Å². The number of aryl methyl sites for hydroxylation is 1. The summed E-state index contributed by atoms with van der Waals surface area (Å²) in [5, 5.41) is 14.4. The van der Waals surface area contributed by atoms with Crippen molar-refractivity contribution in [3.8, 4) is 5.75 Å². The second-order valence-corrected chi connectivity index (χ2v) is 4.99. The molecule has 96 valence electrons. The van der Waals surface area contributed by atoms with Gasteiger partial charge in [0.2, 0.25) is 0 Å². The van der Waals surface area contributed by atoms with Gasteiger partial charge in [0.1, 0.15) is 11.8 Å². The molecule has 18 heavy (non-hydrogen) atoms. The van der Waals surface area contributed by atoms with E-state index in [0.717, 1.165) is 10.0 Å². The average Bonchev–Trinajstić information content (AvgIpc) is 2.70. The number of aliphatic hydroxyl groups excluding tert-OH is 1. The number of nitrogens with zero attached hydrogens (tertiary/aromatic N) is 2. The molecule has 0 spiro atoms. The highest BCUT2D eigenvalue weighted by molar-refractivity contribution is 9.10. The summed E-state index contributed by atoms with van der Waals surface area (Å²) in [5.41, 5.74) is 1.75. The van der Waals surface area contributed by atoms with Gasteiger partial charge in [-0.1, -0.05) is 28.1 Å². The minimum atomic E-state index is -0.637. The van der Waals surface area contributed by atoms with Crippen molar-refractivity contribution in [1.29, 1.82) is 0 Å². The molecule has 1 N–H and O–H groups in total. The second kappa shape index (κ2) is 5.54. The standard InChI is InChI=1S/C13H15BrN2O2/c1-16-13(12(18-2)8-15-16)11(17)7-9-4-3-5-10(14)6-9/h3-6,8,11,17H,7H2,1-2H3. The monoisotopic (exact) mass is 310 g/mol. The molecule has 0 saturated carbocycles. The molecular weight excluding hydrogens is 296 g/mol. The van der Waals surface area contributed by atoms with E-state index in [2.05, 4.69) is 21.0 Å². The Labute approximate surface area is 114 Å². The predicted molar refractivity (Wildman–Crippen MR) is 72.6 cm³/mol. The molecule has 1 aromatic carbocycles. The van der Waals surface area contributed by atoms with E-state index in [0.29, 0.717) is 17.9 Å². The zero-order chi connectivity index (χ0) is 13.1. The number of aliphatic hydroxyl groups is 1. The fourth-order valence-corrected chi connectivity index (χ4v) is 2.39. The van der Waals surface area contributed by atoms with E-state index in [4.69, 9.17) is 4.74 Å². The fraction of sp³-hybridized carbons (Fsp3) is 0.308. The molecule has 0 radical (unpaired) electrons. The Morgan fingerprint density at radius 1 is 1.50 bits per heavy atom. The van der Waals surface area contributed by atoms with Crippen molar-refractivity contribution in [3.63, 3.8) is 0 Å². The van der Waals surface area contributed by atoms with Crippen molar-refractivity contribution in [3.05, 3.63) is 46.2 Å². The molecule has 0 bridgehead atoms. The molecule has 0 aliphatic heterocycles. The van der Waals surface area contributed by atoms with E-state index in [1.165, 1.54) is 0 Å². The van der Waals surface area contributed by atoms with Crippen LogP contribution in [0.3, 0.4) is 0 Å². The smallest absolute Gasteiger partial charge is 0.162 e. The summed E-state index contributed by atoms with van der Waals surface area (Å²) in [6.45, 7) is 0. The molecule has 0 fully saturated rings. The van der Waals surface area contributed by atoms with Gasteiger partial charge < -0.3 is 9.84 Å². The second-order valence-electron chi connectivity index (χ2n) is 4.07. The van der Waals surface area contributed by atoms with Gasteiger partial charge in [-0.05, 0) is 17.7 Å². The molecular formula is C13H15BrN2O2. The Bertz CT molecular complexity index is 540. The summed E-state index contributed by atoms with van der Waals surface area (Å²) in [7, 11) is 3.37. The first-order chi connectivity index (χ1) is 8.61. The predicted octanol–water partition coefficient (Wildman–Crippen LogP) is 2.47. The van der Waals surface area contributed by atoms with Gasteiger partial charge in [0.05, 0.1) is 13.3 Å². The minimum Gasteiger partial charge on any atom is -0.493 e. The molecule has 2 rings (SSSR count). The van der Waals surface area contributed by atoms with Crippen molar-refractivity contribution in [1.82, 2.24) is 9.78 Å². The van der Waals surface area contributed by atoms with Crippen LogP contribution >= 0.6 is 15.9 Å². The van der Waals surface area contributed by atoms with E-state index >= 15 is 0 Å². The lowest BCUT2D eigenvalue weighted by atomic mass is 10.1. The van der Waals surface area contributed by atoms with Crippen molar-refractivity contribution >= 4 is 15.9 Å². The molecule has 1 unspecified atom stereocenters. The molecule has 5 heteroatoms. The van der Waals surface area contributed by atoms with E-state index in [1.807, 2.05) is 24.3 Å². The van der Waals surface area contributed by atoms with Gasteiger partial charge in [-0.3, -0.25) is 4.68 Å². The lowest BCUT2D eigenvalue weighted by molar-refractivity contribution is 0.164. The van der Waals surface area contributed by atoms with Gasteiger partial charge in [-0.25, -0.2) is 0 Å². The highest BCUT2D eigenvalue weighted by Crippen LogP contribution is 2.27. The molecule has 1 heterocycles. The van der Waals surface area contributed by atoms with Gasteiger partial charge in [-0.2, -0.15) is 5.10 Å². The van der Waals surface area contributed by atoms with Crippen LogP contribution in [0.25, 0.3) is 0 Å². The summed E-state index contributed by atoms with van der Waals surface area (Å²) >= 11 is 3.42. The number of benzene rings is 1. The third kappa shape index (κ3) is 2.73. The van der Waals surface area contributed by atoms with E-state index in [9.17, 15) is 5.11 Å². The highest BCUT2D eigenvalue weighted by Gasteiger charge is 2.18. The van der Waals surface area contributed by atoms with E-state index < -0.39 is 6.10 Å². The van der Waals surface area contributed by atoms with Gasteiger partial charge >= 0.3 is 0 Å². The van der Waals surface area contributed by atoms with E-state index in [-0.39, 0.29) is 0 Å². The summed E-state index contributed by atoms with van der Waals surface area (Å²) in [4.78, 5) is 0. The van der Waals surface area contributed by atoms with Crippen molar-refractivity contribution in [2.75, 3.05) is 7.11 Å². The molecule has 0 amide bonds. The Kier molecular flexibility index (Phi) is 4.04. The Hall–Kier alpha value is -1.33. The van der Waals surface area contributed by atoms with Crippen LogP contribution in [0.15, 0.2) is 34.9 Å². The number of methoxy groups -OCH3 is 1. The van der Waals surface area contributed by atoms with Gasteiger partial charge in [0.15, 0.2) is 5.75 Å². The van der Waals surface area contributed by atoms with Crippen LogP contribution in [0, 0.1) is 0 Å². The maximum atomic E-state index is 10.3. The molecule has 0 aliphatic rings. The normalized spacial score (nSPS) is 12.4. The number of hydrogen-bond acceptors (Lipinski definition) is 3. The Morgan fingerprint density at radius 2 is 2.28 bits per heavy atom. The quantitative estimate of drug-likeness (QED) is 0.943. The average molecular weight is 311 g/mol. The third-order valence-electron chi connectivity index (χ3n) is 2.80. The minimum absolute atomic E-state index is 0.523. The van der Waals surface area contributed by atoms with Crippen LogP contribution < -0.4 is 4.74 Å². The third-order valence-corrected chi connectivity index (χ3v) is 3.30. The number of hydrogen-bond donors (Lipinski definition) is 1. The Morgan fingerprint density at radius 3 is 2.94 bits per heavy atom. The molecule has 4 nitrogen and oxygen atoms in total. The van der Waals surface area contributed by atoms with Crippen molar-refractivity contribution in [2.24, 2.45) is 7.05 Å². The number of halogens is 1. The Balaban J connectivity index is 2.21. The first-order valence-electron chi connectivity index (χ1n) is 5.60. The van der Waals surface area contributed by atoms with Gasteiger partial charge in [-0.15, -0.1) is 0 Å². The lowest BCUT2D eigenvalue weighted by Gasteiger charge is -2.13. The summed E-state index contributed by atoms with van der Waals surface area (Å²) < 4.78 is 7.84. The van der Waals surface area contributed by atoms with Crippen LogP contribution in [0.2, 0.25) is 0 Å². The van der Waals surface area contributed by atoms with Crippen LogP contribution in [0.1, 0.15) is 17.4 Å². The zero-order valence-corrected chi connectivity index (χ0v) is 11.9. The van der Waals surface area contributed by atoms with Crippen LogP contribution in [-0.4, -0.2) is 22.0 Å². The maximum absolute atomic E-state index is 10.3. The zero-order valence-electron chi connectivity index (χ0n) is 10.3. The van der Waals surface area contributed by atoms with Gasteiger partial charge in [0.25, 0.3) is 0 Å². The maximum Gasteiger partial charge on any atom is 0.162 e. The molecule has 0 aliphatic carbocycles. The summed E-state index contributed by atoms with van der Waals surface area (Å²) in [6, 6.07) is 7.88. The first kappa shape index (κ1) is 13.1. The van der Waals surface area contributed by atoms with Crippen LogP contribution in [-0.2, 0) is 13.5 Å². The van der Waals surface area contributed by atoms with Crippen LogP contribution in [0.5, 0.6) is 5.75 Å². The first-order valence-corrected chi connectivity index (χ1v) is 6.39. The molecule has 0 saturated heterocycles. The van der Waals surface area contributed by atoms with Crippen molar-refractivity contribution < 1.29 is 9.84 Å². The highest BCUT2D eigenvalue weighted by atomic mass is 79.9. The SMILES string of the molecule is COc1cnn(C)c1C(O)Cc1cccc(Br)c1.